The zero-order valence-electron chi connectivity index (χ0n) is 20.3. The number of likely N-dealkylation sites (tertiary alicyclic amines) is 1. The van der Waals surface area contributed by atoms with E-state index in [2.05, 4.69) is 25.2 Å². The molecular weight excluding hydrogens is 487 g/mol. The third-order valence-electron chi connectivity index (χ3n) is 6.95. The summed E-state index contributed by atoms with van der Waals surface area (Å²) in [4.78, 5) is 26.6. The molecule has 0 spiro atoms. The number of hydrogen-bond donors (Lipinski definition) is 2. The van der Waals surface area contributed by atoms with Crippen molar-refractivity contribution in [3.05, 3.63) is 59.7 Å². The van der Waals surface area contributed by atoms with E-state index in [1.54, 1.807) is 6.20 Å². The monoisotopic (exact) mass is 517 g/mol. The average molecular weight is 518 g/mol. The number of hydrogen-bond acceptors (Lipinski definition) is 6. The number of carbonyl (C=O) groups is 1. The van der Waals surface area contributed by atoms with Crippen molar-refractivity contribution in [1.82, 2.24) is 25.2 Å². The first-order chi connectivity index (χ1) is 17.9. The Hall–Kier alpha value is -3.02. The lowest BCUT2D eigenvalue weighted by atomic mass is 10.1. The van der Waals surface area contributed by atoms with E-state index in [1.807, 2.05) is 18.2 Å². The summed E-state index contributed by atoms with van der Waals surface area (Å²) in [6.07, 6.45) is -0.286. The molecule has 11 heteroatoms. The molecule has 2 aromatic heterocycles. The standard InChI is InChI=1S/C26H30F3N5O3/c27-26(28,29)19-7-3-8-20-25(19)33-23(31-20)13-24(35)32-21-14-34(18-6-4-11-36-12-9-18)15-22(21)37-16-17-5-1-2-10-30-17/h1-3,5,7-8,10,18,21-22H,4,6,9,11-16H2,(H,31,33)(H,32,35)/t18?,21?,22-/m0/s1. The number of carbonyl (C=O) groups excluding carboxylic acids is 1. The number of rotatable bonds is 7. The summed E-state index contributed by atoms with van der Waals surface area (Å²) in [5, 5.41) is 3.05. The Morgan fingerprint density at radius 1 is 1.16 bits per heavy atom. The van der Waals surface area contributed by atoms with Crippen LogP contribution in [0.5, 0.6) is 0 Å². The summed E-state index contributed by atoms with van der Waals surface area (Å²) < 4.78 is 51.9. The summed E-state index contributed by atoms with van der Waals surface area (Å²) in [5.41, 5.74) is 0.0418. The van der Waals surface area contributed by atoms with Crippen molar-refractivity contribution in [2.45, 2.75) is 56.7 Å². The van der Waals surface area contributed by atoms with Gasteiger partial charge < -0.3 is 19.8 Å². The van der Waals surface area contributed by atoms with E-state index in [1.165, 1.54) is 12.1 Å². The van der Waals surface area contributed by atoms with Crippen LogP contribution in [0, 0.1) is 0 Å². The molecule has 8 nitrogen and oxygen atoms in total. The first kappa shape index (κ1) is 25.6. The molecule has 2 aliphatic heterocycles. The Kier molecular flexibility index (Phi) is 7.73. The van der Waals surface area contributed by atoms with Gasteiger partial charge in [0.15, 0.2) is 0 Å². The molecule has 4 heterocycles. The number of amides is 1. The highest BCUT2D eigenvalue weighted by Crippen LogP contribution is 2.33. The molecule has 1 amide bonds. The third kappa shape index (κ3) is 6.28. The minimum atomic E-state index is -4.53. The number of fused-ring (bicyclic) bond motifs is 1. The lowest BCUT2D eigenvalue weighted by Crippen LogP contribution is -2.45. The van der Waals surface area contributed by atoms with Crippen molar-refractivity contribution in [2.75, 3.05) is 26.3 Å². The molecule has 0 radical (unpaired) electrons. The summed E-state index contributed by atoms with van der Waals surface area (Å²) in [5.74, 6) is -0.138. The molecule has 2 unspecified atom stereocenters. The van der Waals surface area contributed by atoms with Crippen molar-refractivity contribution in [3.63, 3.8) is 0 Å². The van der Waals surface area contributed by atoms with Crippen LogP contribution >= 0.6 is 0 Å². The van der Waals surface area contributed by atoms with Gasteiger partial charge in [0.1, 0.15) is 11.3 Å². The summed E-state index contributed by atoms with van der Waals surface area (Å²) >= 11 is 0. The second-order valence-corrected chi connectivity index (χ2v) is 9.56. The molecule has 198 valence electrons. The number of para-hydroxylation sites is 1. The van der Waals surface area contributed by atoms with Gasteiger partial charge in [0, 0.05) is 38.5 Å². The van der Waals surface area contributed by atoms with Gasteiger partial charge in [-0.1, -0.05) is 12.1 Å². The van der Waals surface area contributed by atoms with E-state index < -0.39 is 11.7 Å². The third-order valence-corrected chi connectivity index (χ3v) is 6.95. The quantitative estimate of drug-likeness (QED) is 0.499. The summed E-state index contributed by atoms with van der Waals surface area (Å²) in [7, 11) is 0. The normalized spacial score (nSPS) is 23.3. The number of halogens is 3. The Morgan fingerprint density at radius 3 is 2.86 bits per heavy atom. The first-order valence-corrected chi connectivity index (χ1v) is 12.5. The van der Waals surface area contributed by atoms with Gasteiger partial charge in [0.25, 0.3) is 0 Å². The number of ether oxygens (including phenoxy) is 2. The van der Waals surface area contributed by atoms with Gasteiger partial charge in [-0.15, -0.1) is 0 Å². The number of alkyl halides is 3. The van der Waals surface area contributed by atoms with E-state index in [4.69, 9.17) is 9.47 Å². The van der Waals surface area contributed by atoms with Crippen LogP contribution in [0.25, 0.3) is 11.0 Å². The highest BCUT2D eigenvalue weighted by molar-refractivity contribution is 5.82. The minimum absolute atomic E-state index is 0.160. The number of H-pyrrole nitrogens is 1. The van der Waals surface area contributed by atoms with E-state index in [0.717, 1.165) is 37.6 Å². The molecule has 2 aliphatic rings. The molecule has 0 aliphatic carbocycles. The van der Waals surface area contributed by atoms with Crippen LogP contribution in [0.4, 0.5) is 13.2 Å². The summed E-state index contributed by atoms with van der Waals surface area (Å²) in [6.45, 7) is 3.09. The fourth-order valence-electron chi connectivity index (χ4n) is 5.14. The second-order valence-electron chi connectivity index (χ2n) is 9.56. The Morgan fingerprint density at radius 2 is 2.05 bits per heavy atom. The molecule has 2 saturated heterocycles. The average Bonchev–Trinajstić information content (AvgIpc) is 3.35. The molecule has 1 aromatic carbocycles. The van der Waals surface area contributed by atoms with Crippen molar-refractivity contribution in [2.24, 2.45) is 0 Å². The molecule has 5 rings (SSSR count). The lowest BCUT2D eigenvalue weighted by molar-refractivity contribution is -0.136. The molecule has 3 atom stereocenters. The Labute approximate surface area is 212 Å². The van der Waals surface area contributed by atoms with E-state index >= 15 is 0 Å². The number of nitrogens with one attached hydrogen (secondary N) is 2. The molecule has 0 bridgehead atoms. The van der Waals surface area contributed by atoms with Crippen LogP contribution in [-0.4, -0.2) is 70.2 Å². The number of pyridine rings is 1. The van der Waals surface area contributed by atoms with E-state index in [0.29, 0.717) is 32.3 Å². The summed E-state index contributed by atoms with van der Waals surface area (Å²) in [6, 6.07) is 9.54. The molecule has 0 saturated carbocycles. The number of nitrogens with zero attached hydrogens (tertiary/aromatic N) is 3. The largest absolute Gasteiger partial charge is 0.418 e. The fourth-order valence-corrected chi connectivity index (χ4v) is 5.14. The maximum Gasteiger partial charge on any atom is 0.418 e. The van der Waals surface area contributed by atoms with Crippen molar-refractivity contribution < 1.29 is 27.4 Å². The molecule has 37 heavy (non-hydrogen) atoms. The SMILES string of the molecule is O=C(Cc1nc2c(C(F)(F)F)cccc2[nH]1)NC1CN(C2CCCOCC2)C[C@@H]1OCc1ccccn1. The second kappa shape index (κ2) is 11.2. The molecule has 2 N–H and O–H groups in total. The fraction of sp³-hybridized carbons (Fsp3) is 0.500. The first-order valence-electron chi connectivity index (χ1n) is 12.5. The van der Waals surface area contributed by atoms with Gasteiger partial charge in [0.05, 0.1) is 41.9 Å². The van der Waals surface area contributed by atoms with Crippen LogP contribution < -0.4 is 5.32 Å². The zero-order valence-corrected chi connectivity index (χ0v) is 20.3. The van der Waals surface area contributed by atoms with Gasteiger partial charge in [-0.05, 0) is 43.5 Å². The number of aromatic nitrogens is 3. The zero-order chi connectivity index (χ0) is 25.8. The topological polar surface area (TPSA) is 92.4 Å². The molecule has 2 fully saturated rings. The van der Waals surface area contributed by atoms with Crippen molar-refractivity contribution in [3.8, 4) is 0 Å². The van der Waals surface area contributed by atoms with Crippen LogP contribution in [0.1, 0.15) is 36.3 Å². The van der Waals surface area contributed by atoms with Gasteiger partial charge in [-0.3, -0.25) is 14.7 Å². The highest BCUT2D eigenvalue weighted by atomic mass is 19.4. The molecule has 3 aromatic rings. The van der Waals surface area contributed by atoms with Crippen LogP contribution in [0.3, 0.4) is 0 Å². The maximum atomic E-state index is 13.3. The van der Waals surface area contributed by atoms with E-state index in [-0.39, 0.29) is 41.3 Å². The Bertz CT molecular complexity index is 1200. The predicted octanol–water partition coefficient (Wildman–Crippen LogP) is 3.47. The van der Waals surface area contributed by atoms with Crippen LogP contribution in [-0.2, 0) is 33.5 Å². The minimum Gasteiger partial charge on any atom is -0.381 e. The predicted molar refractivity (Wildman–Crippen MR) is 130 cm³/mol. The molecular formula is C26H30F3N5O3. The van der Waals surface area contributed by atoms with Gasteiger partial charge in [-0.25, -0.2) is 4.98 Å². The van der Waals surface area contributed by atoms with Gasteiger partial charge >= 0.3 is 6.18 Å². The Balaban J connectivity index is 1.27. The number of aromatic amines is 1. The van der Waals surface area contributed by atoms with Crippen LogP contribution in [0.2, 0.25) is 0 Å². The highest BCUT2D eigenvalue weighted by Gasteiger charge is 2.38. The van der Waals surface area contributed by atoms with Crippen molar-refractivity contribution in [1.29, 1.82) is 0 Å². The lowest BCUT2D eigenvalue weighted by Gasteiger charge is -2.26. The van der Waals surface area contributed by atoms with Gasteiger partial charge in [0.2, 0.25) is 5.91 Å². The van der Waals surface area contributed by atoms with Crippen LogP contribution in [0.15, 0.2) is 42.6 Å². The van der Waals surface area contributed by atoms with E-state index in [9.17, 15) is 18.0 Å². The smallest absolute Gasteiger partial charge is 0.381 e. The number of benzene rings is 1. The maximum absolute atomic E-state index is 13.3. The van der Waals surface area contributed by atoms with Gasteiger partial charge in [-0.2, -0.15) is 13.2 Å². The number of imidazole rings is 1. The van der Waals surface area contributed by atoms with Crippen molar-refractivity contribution >= 4 is 16.9 Å².